The Morgan fingerprint density at radius 3 is 2.81 bits per heavy atom. The van der Waals surface area contributed by atoms with Crippen molar-refractivity contribution in [2.24, 2.45) is 0 Å². The predicted molar refractivity (Wildman–Crippen MR) is 86.6 cm³/mol. The molecule has 0 bridgehead atoms. The van der Waals surface area contributed by atoms with E-state index in [0.717, 1.165) is 22.1 Å². The highest BCUT2D eigenvalue weighted by molar-refractivity contribution is 7.98. The summed E-state index contributed by atoms with van der Waals surface area (Å²) in [4.78, 5) is 15.1. The molecule has 112 valence electrons. The molecule has 0 fully saturated rings. The summed E-state index contributed by atoms with van der Waals surface area (Å²) in [7, 11) is 1.90. The Hall–Kier alpha value is -1.72. The summed E-state index contributed by atoms with van der Waals surface area (Å²) >= 11 is 1.65. The fraction of sp³-hybridized carbons (Fsp3) is 0.312. The molecule has 21 heavy (non-hydrogen) atoms. The van der Waals surface area contributed by atoms with E-state index in [2.05, 4.69) is 5.32 Å². The van der Waals surface area contributed by atoms with Gasteiger partial charge in [-0.1, -0.05) is 6.07 Å². The second-order valence-electron chi connectivity index (χ2n) is 4.96. The van der Waals surface area contributed by atoms with Crippen LogP contribution in [0.4, 0.5) is 5.69 Å². The van der Waals surface area contributed by atoms with Crippen LogP contribution in [0.1, 0.15) is 11.5 Å². The number of hydrogen-bond donors (Lipinski definition) is 1. The van der Waals surface area contributed by atoms with Crippen molar-refractivity contribution in [2.45, 2.75) is 18.4 Å². The van der Waals surface area contributed by atoms with Gasteiger partial charge in [0.2, 0.25) is 5.91 Å². The van der Waals surface area contributed by atoms with Crippen molar-refractivity contribution in [3.05, 3.63) is 47.9 Å². The van der Waals surface area contributed by atoms with Crippen LogP contribution in [-0.2, 0) is 11.3 Å². The lowest BCUT2D eigenvalue weighted by Crippen LogP contribution is -2.29. The second-order valence-corrected chi connectivity index (χ2v) is 5.84. The lowest BCUT2D eigenvalue weighted by atomic mass is 10.3. The van der Waals surface area contributed by atoms with Crippen LogP contribution < -0.4 is 5.32 Å². The largest absolute Gasteiger partial charge is 0.465 e. The third-order valence-electron chi connectivity index (χ3n) is 2.99. The topological polar surface area (TPSA) is 45.5 Å². The third kappa shape index (κ3) is 4.95. The van der Waals surface area contributed by atoms with Crippen LogP contribution >= 0.6 is 11.8 Å². The minimum absolute atomic E-state index is 0.0287. The monoisotopic (exact) mass is 304 g/mol. The number of hydrogen-bond acceptors (Lipinski definition) is 4. The highest BCUT2D eigenvalue weighted by atomic mass is 32.2. The molecular weight excluding hydrogens is 284 g/mol. The Morgan fingerprint density at radius 2 is 2.14 bits per heavy atom. The zero-order chi connectivity index (χ0) is 15.2. The van der Waals surface area contributed by atoms with Crippen molar-refractivity contribution >= 4 is 23.4 Å². The average molecular weight is 304 g/mol. The molecular formula is C16H20N2O2S. The molecule has 1 amide bonds. The summed E-state index contributed by atoms with van der Waals surface area (Å²) in [5.74, 6) is 1.72. The lowest BCUT2D eigenvalue weighted by molar-refractivity contribution is -0.117. The van der Waals surface area contributed by atoms with Crippen LogP contribution in [0.15, 0.2) is 45.7 Å². The zero-order valence-corrected chi connectivity index (χ0v) is 13.4. The summed E-state index contributed by atoms with van der Waals surface area (Å²) in [5, 5.41) is 2.91. The molecule has 1 aromatic carbocycles. The highest BCUT2D eigenvalue weighted by Gasteiger charge is 2.09. The quantitative estimate of drug-likeness (QED) is 0.831. The summed E-state index contributed by atoms with van der Waals surface area (Å²) in [6, 6.07) is 11.7. The van der Waals surface area contributed by atoms with E-state index < -0.39 is 0 Å². The normalized spacial score (nSPS) is 10.9. The molecule has 0 unspecified atom stereocenters. The van der Waals surface area contributed by atoms with Gasteiger partial charge in [-0.2, -0.15) is 0 Å². The van der Waals surface area contributed by atoms with E-state index in [4.69, 9.17) is 4.42 Å². The van der Waals surface area contributed by atoms with Crippen molar-refractivity contribution in [3.8, 4) is 0 Å². The van der Waals surface area contributed by atoms with Crippen molar-refractivity contribution < 1.29 is 9.21 Å². The van der Waals surface area contributed by atoms with Gasteiger partial charge in [-0.25, -0.2) is 0 Å². The predicted octanol–water partition coefficient (Wildman–Crippen LogP) is 3.38. The van der Waals surface area contributed by atoms with Crippen LogP contribution in [0.3, 0.4) is 0 Å². The molecule has 5 heteroatoms. The number of rotatable bonds is 6. The lowest BCUT2D eigenvalue weighted by Gasteiger charge is -2.15. The van der Waals surface area contributed by atoms with E-state index in [0.29, 0.717) is 13.1 Å². The van der Waals surface area contributed by atoms with Gasteiger partial charge >= 0.3 is 0 Å². The van der Waals surface area contributed by atoms with Gasteiger partial charge in [-0.05, 0) is 50.6 Å². The van der Waals surface area contributed by atoms with Gasteiger partial charge < -0.3 is 9.73 Å². The Labute approximate surface area is 129 Å². The van der Waals surface area contributed by atoms with E-state index in [1.165, 1.54) is 0 Å². The third-order valence-corrected chi connectivity index (χ3v) is 3.71. The first kappa shape index (κ1) is 15.7. The second kappa shape index (κ2) is 7.33. The maximum absolute atomic E-state index is 12.0. The van der Waals surface area contributed by atoms with Gasteiger partial charge in [-0.3, -0.25) is 9.69 Å². The molecule has 2 rings (SSSR count). The Morgan fingerprint density at radius 1 is 1.33 bits per heavy atom. The molecule has 0 atom stereocenters. The fourth-order valence-corrected chi connectivity index (χ4v) is 2.50. The molecule has 0 aliphatic rings. The number of carbonyl (C=O) groups is 1. The Balaban J connectivity index is 1.85. The summed E-state index contributed by atoms with van der Waals surface area (Å²) in [6.07, 6.45) is 2.01. The van der Waals surface area contributed by atoms with E-state index in [-0.39, 0.29) is 5.91 Å². The number of furan rings is 1. The van der Waals surface area contributed by atoms with Crippen molar-refractivity contribution in [2.75, 3.05) is 25.2 Å². The average Bonchev–Trinajstić information content (AvgIpc) is 2.83. The minimum atomic E-state index is -0.0287. The standard InChI is InChI=1S/C16H20N2O2S/c1-12-7-8-14(20-12)10-18(2)11-16(19)17-13-5-4-6-15(9-13)21-3/h4-9H,10-11H2,1-3H3,(H,17,19). The first-order valence-electron chi connectivity index (χ1n) is 6.74. The summed E-state index contributed by atoms with van der Waals surface area (Å²) < 4.78 is 5.51. The first-order valence-corrected chi connectivity index (χ1v) is 7.97. The van der Waals surface area contributed by atoms with Gasteiger partial charge in [0.05, 0.1) is 13.1 Å². The molecule has 0 radical (unpaired) electrons. The van der Waals surface area contributed by atoms with Gasteiger partial charge in [0, 0.05) is 10.6 Å². The van der Waals surface area contributed by atoms with E-state index in [1.807, 2.05) is 61.5 Å². The number of nitrogens with one attached hydrogen (secondary N) is 1. The summed E-state index contributed by atoms with van der Waals surface area (Å²) in [5.41, 5.74) is 0.828. The van der Waals surface area contributed by atoms with E-state index >= 15 is 0 Å². The number of aryl methyl sites for hydroxylation is 1. The van der Waals surface area contributed by atoms with E-state index in [9.17, 15) is 4.79 Å². The van der Waals surface area contributed by atoms with Crippen molar-refractivity contribution in [3.63, 3.8) is 0 Å². The van der Waals surface area contributed by atoms with Crippen LogP contribution in [0.2, 0.25) is 0 Å². The number of anilines is 1. The van der Waals surface area contributed by atoms with Crippen LogP contribution in [0.25, 0.3) is 0 Å². The molecule has 2 aromatic rings. The zero-order valence-electron chi connectivity index (χ0n) is 12.6. The number of carbonyl (C=O) groups excluding carboxylic acids is 1. The molecule has 0 saturated carbocycles. The molecule has 0 aliphatic carbocycles. The molecule has 1 aromatic heterocycles. The number of thioether (sulfide) groups is 1. The molecule has 4 nitrogen and oxygen atoms in total. The Bertz CT molecular complexity index is 610. The number of amides is 1. The molecule has 1 N–H and O–H groups in total. The maximum Gasteiger partial charge on any atom is 0.238 e. The molecule has 0 aliphatic heterocycles. The molecule has 0 saturated heterocycles. The minimum Gasteiger partial charge on any atom is -0.465 e. The number of nitrogens with zero attached hydrogens (tertiary/aromatic N) is 1. The molecule has 1 heterocycles. The number of likely N-dealkylation sites (N-methyl/N-ethyl adjacent to an activating group) is 1. The SMILES string of the molecule is CSc1cccc(NC(=O)CN(C)Cc2ccc(C)o2)c1. The van der Waals surface area contributed by atoms with Gasteiger partial charge in [-0.15, -0.1) is 11.8 Å². The maximum atomic E-state index is 12.0. The molecule has 0 spiro atoms. The van der Waals surface area contributed by atoms with Crippen molar-refractivity contribution in [1.29, 1.82) is 0 Å². The van der Waals surface area contributed by atoms with Crippen LogP contribution in [0, 0.1) is 6.92 Å². The van der Waals surface area contributed by atoms with Crippen LogP contribution in [0.5, 0.6) is 0 Å². The fourth-order valence-electron chi connectivity index (χ4n) is 2.04. The Kier molecular flexibility index (Phi) is 5.47. The highest BCUT2D eigenvalue weighted by Crippen LogP contribution is 2.18. The summed E-state index contributed by atoms with van der Waals surface area (Å²) in [6.45, 7) is 2.85. The number of benzene rings is 1. The smallest absolute Gasteiger partial charge is 0.238 e. The van der Waals surface area contributed by atoms with Gasteiger partial charge in [0.25, 0.3) is 0 Å². The van der Waals surface area contributed by atoms with Crippen LogP contribution in [-0.4, -0.2) is 30.7 Å². The van der Waals surface area contributed by atoms with E-state index in [1.54, 1.807) is 11.8 Å². The first-order chi connectivity index (χ1) is 10.1. The van der Waals surface area contributed by atoms with Gasteiger partial charge in [0.1, 0.15) is 11.5 Å². The van der Waals surface area contributed by atoms with Gasteiger partial charge in [0.15, 0.2) is 0 Å². The van der Waals surface area contributed by atoms with Crippen molar-refractivity contribution in [1.82, 2.24) is 4.90 Å².